The van der Waals surface area contributed by atoms with Gasteiger partial charge in [-0.05, 0) is 18.2 Å². The zero-order chi connectivity index (χ0) is 12.8. The normalized spacial score (nSPS) is 15.2. The molecule has 0 fully saturated rings. The van der Waals surface area contributed by atoms with Crippen molar-refractivity contribution in [3.8, 4) is 5.75 Å². The number of amides is 1. The molecule has 0 radical (unpaired) electrons. The van der Waals surface area contributed by atoms with Crippen molar-refractivity contribution < 1.29 is 14.3 Å². The quantitative estimate of drug-likeness (QED) is 0.595. The number of methoxy groups -OCH3 is 1. The van der Waals surface area contributed by atoms with Crippen LogP contribution in [0.2, 0.25) is 19.6 Å². The molecule has 2 rings (SSSR count). The molecule has 1 amide bonds. The molecule has 0 atom stereocenters. The average Bonchev–Trinajstić information content (AvgIpc) is 2.51. The number of anilines is 1. The maximum atomic E-state index is 12.0. The number of ether oxygens (including phenoxy) is 1. The van der Waals surface area contributed by atoms with Crippen molar-refractivity contribution in [3.63, 3.8) is 0 Å². The van der Waals surface area contributed by atoms with E-state index in [4.69, 9.17) is 4.74 Å². The molecule has 1 aliphatic rings. The van der Waals surface area contributed by atoms with Gasteiger partial charge in [0, 0.05) is 5.69 Å². The fourth-order valence-corrected chi connectivity index (χ4v) is 3.64. The molecule has 0 bridgehead atoms. The molecule has 0 saturated heterocycles. The van der Waals surface area contributed by atoms with Crippen LogP contribution in [0.5, 0.6) is 5.75 Å². The lowest BCUT2D eigenvalue weighted by molar-refractivity contribution is -0.113. The summed E-state index contributed by atoms with van der Waals surface area (Å²) in [5.74, 6) is -0.240. The van der Waals surface area contributed by atoms with Crippen LogP contribution in [-0.2, 0) is 4.79 Å². The van der Waals surface area contributed by atoms with E-state index < -0.39 is 19.9 Å². The van der Waals surface area contributed by atoms with Crippen LogP contribution in [0.4, 0.5) is 5.69 Å². The largest absolute Gasteiger partial charge is 0.497 e. The molecule has 1 aliphatic heterocycles. The van der Waals surface area contributed by atoms with Crippen LogP contribution in [0.15, 0.2) is 18.2 Å². The van der Waals surface area contributed by atoms with E-state index in [0.29, 0.717) is 11.3 Å². The second kappa shape index (κ2) is 3.70. The molecule has 0 unspecified atom stereocenters. The maximum Gasteiger partial charge on any atom is 0.291 e. The molecular formula is C12H15NO3Si. The predicted octanol–water partition coefficient (Wildman–Crippen LogP) is 2.06. The number of rotatable bonds is 2. The summed E-state index contributed by atoms with van der Waals surface area (Å²) in [7, 11) is -0.345. The Bertz CT molecular complexity index is 505. The highest BCUT2D eigenvalue weighted by Gasteiger charge is 2.42. The second-order valence-corrected chi connectivity index (χ2v) is 9.81. The first-order valence-corrected chi connectivity index (χ1v) is 8.88. The number of hydrogen-bond donors (Lipinski definition) is 0. The van der Waals surface area contributed by atoms with Gasteiger partial charge in [0.15, 0.2) is 8.24 Å². The Kier molecular flexibility index (Phi) is 2.58. The Morgan fingerprint density at radius 3 is 2.35 bits per heavy atom. The van der Waals surface area contributed by atoms with Crippen molar-refractivity contribution in [1.29, 1.82) is 0 Å². The van der Waals surface area contributed by atoms with Crippen LogP contribution >= 0.6 is 0 Å². The van der Waals surface area contributed by atoms with Gasteiger partial charge in [0.1, 0.15) is 5.75 Å². The van der Waals surface area contributed by atoms with Crippen molar-refractivity contribution >= 4 is 25.6 Å². The number of hydrogen-bond acceptors (Lipinski definition) is 3. The van der Waals surface area contributed by atoms with Gasteiger partial charge in [0.25, 0.3) is 11.7 Å². The van der Waals surface area contributed by atoms with Crippen molar-refractivity contribution in [3.05, 3.63) is 23.8 Å². The highest BCUT2D eigenvalue weighted by atomic mass is 28.3. The van der Waals surface area contributed by atoms with Crippen LogP contribution < -0.4 is 9.30 Å². The SMILES string of the molecule is COc1ccc2c(c1)C(=O)C(=O)N2[Si](C)(C)C. The van der Waals surface area contributed by atoms with E-state index in [1.165, 1.54) is 0 Å². The molecule has 0 saturated carbocycles. The van der Waals surface area contributed by atoms with Gasteiger partial charge < -0.3 is 9.30 Å². The Morgan fingerprint density at radius 2 is 1.82 bits per heavy atom. The van der Waals surface area contributed by atoms with Gasteiger partial charge in [0.05, 0.1) is 12.7 Å². The van der Waals surface area contributed by atoms with Gasteiger partial charge in [-0.3, -0.25) is 9.59 Å². The summed E-state index contributed by atoms with van der Waals surface area (Å²) in [6.07, 6.45) is 0. The van der Waals surface area contributed by atoms with Crippen LogP contribution in [0.25, 0.3) is 0 Å². The van der Waals surface area contributed by atoms with E-state index in [1.54, 1.807) is 29.9 Å². The van der Waals surface area contributed by atoms with Crippen molar-refractivity contribution in [2.75, 3.05) is 11.7 Å². The first-order valence-electron chi connectivity index (χ1n) is 5.43. The van der Waals surface area contributed by atoms with E-state index >= 15 is 0 Å². The highest BCUT2D eigenvalue weighted by Crippen LogP contribution is 2.35. The summed E-state index contributed by atoms with van der Waals surface area (Å²) < 4.78 is 6.74. The summed E-state index contributed by atoms with van der Waals surface area (Å²) in [5.41, 5.74) is 1.18. The average molecular weight is 249 g/mol. The van der Waals surface area contributed by atoms with E-state index in [9.17, 15) is 9.59 Å². The summed E-state index contributed by atoms with van der Waals surface area (Å²) in [6.45, 7) is 6.12. The van der Waals surface area contributed by atoms with Crippen LogP contribution in [0.1, 0.15) is 10.4 Å². The number of ketones is 1. The Labute approximate surface area is 101 Å². The molecule has 1 aromatic carbocycles. The minimum atomic E-state index is -1.89. The molecule has 5 heteroatoms. The number of carbonyl (C=O) groups is 2. The minimum Gasteiger partial charge on any atom is -0.497 e. The monoisotopic (exact) mass is 249 g/mol. The Morgan fingerprint density at radius 1 is 1.18 bits per heavy atom. The fraction of sp³-hybridized carbons (Fsp3) is 0.333. The van der Waals surface area contributed by atoms with Gasteiger partial charge >= 0.3 is 0 Å². The molecule has 90 valence electrons. The molecule has 1 heterocycles. The third-order valence-corrected chi connectivity index (χ3v) is 4.54. The van der Waals surface area contributed by atoms with E-state index in [2.05, 4.69) is 0 Å². The lowest BCUT2D eigenvalue weighted by atomic mass is 10.1. The zero-order valence-electron chi connectivity index (χ0n) is 10.4. The lowest BCUT2D eigenvalue weighted by Gasteiger charge is -2.29. The number of carbonyl (C=O) groups excluding carboxylic acids is 2. The van der Waals surface area contributed by atoms with Gasteiger partial charge in [0.2, 0.25) is 0 Å². The number of nitrogens with zero attached hydrogens (tertiary/aromatic N) is 1. The molecular weight excluding hydrogens is 234 g/mol. The zero-order valence-corrected chi connectivity index (χ0v) is 11.4. The Hall–Kier alpha value is -1.62. The van der Waals surface area contributed by atoms with Crippen molar-refractivity contribution in [1.82, 2.24) is 0 Å². The molecule has 0 aliphatic carbocycles. The first-order chi connectivity index (χ1) is 7.86. The van der Waals surface area contributed by atoms with Gasteiger partial charge in [-0.15, -0.1) is 0 Å². The van der Waals surface area contributed by atoms with Gasteiger partial charge in [-0.1, -0.05) is 19.6 Å². The highest BCUT2D eigenvalue weighted by molar-refractivity contribution is 6.87. The topological polar surface area (TPSA) is 46.6 Å². The van der Waals surface area contributed by atoms with E-state index in [-0.39, 0.29) is 0 Å². The molecule has 1 aromatic rings. The molecule has 0 aromatic heterocycles. The molecule has 0 N–H and O–H groups in total. The standard InChI is InChI=1S/C12H15NO3Si/c1-16-8-5-6-10-9(7-8)11(14)12(15)13(10)17(2,3)4/h5-7H,1-4H3. The number of fused-ring (bicyclic) bond motifs is 1. The lowest BCUT2D eigenvalue weighted by Crippen LogP contribution is -2.49. The fourth-order valence-electron chi connectivity index (χ4n) is 2.01. The summed E-state index contributed by atoms with van der Waals surface area (Å²) in [4.78, 5) is 23.9. The number of benzene rings is 1. The number of Topliss-reactive ketones (excluding diaryl/α,β-unsaturated/α-hetero) is 1. The smallest absolute Gasteiger partial charge is 0.291 e. The maximum absolute atomic E-state index is 12.0. The minimum absolute atomic E-state index is 0.410. The Balaban J connectivity index is 2.59. The van der Waals surface area contributed by atoms with Crippen molar-refractivity contribution in [2.24, 2.45) is 0 Å². The third kappa shape index (κ3) is 1.76. The molecule has 4 nitrogen and oxygen atoms in total. The third-order valence-electron chi connectivity index (χ3n) is 2.76. The van der Waals surface area contributed by atoms with Crippen LogP contribution in [0.3, 0.4) is 0 Å². The molecule has 17 heavy (non-hydrogen) atoms. The first kappa shape index (κ1) is 11.9. The van der Waals surface area contributed by atoms with Gasteiger partial charge in [-0.25, -0.2) is 0 Å². The van der Waals surface area contributed by atoms with Crippen LogP contribution in [-0.4, -0.2) is 27.0 Å². The van der Waals surface area contributed by atoms with E-state index in [1.807, 2.05) is 19.6 Å². The summed E-state index contributed by atoms with van der Waals surface area (Å²) in [5, 5.41) is 0. The van der Waals surface area contributed by atoms with E-state index in [0.717, 1.165) is 5.69 Å². The summed E-state index contributed by atoms with van der Waals surface area (Å²) in [6, 6.07) is 5.20. The summed E-state index contributed by atoms with van der Waals surface area (Å²) >= 11 is 0. The predicted molar refractivity (Wildman–Crippen MR) is 68.2 cm³/mol. The second-order valence-electron chi connectivity index (χ2n) is 5.02. The van der Waals surface area contributed by atoms with Crippen molar-refractivity contribution in [2.45, 2.75) is 19.6 Å². The van der Waals surface area contributed by atoms with Gasteiger partial charge in [-0.2, -0.15) is 0 Å². The van der Waals surface area contributed by atoms with Crippen LogP contribution in [0, 0.1) is 0 Å². The molecule has 0 spiro atoms.